The molecule has 2 rings (SSSR count). The van der Waals surface area contributed by atoms with E-state index in [0.717, 1.165) is 31.8 Å². The van der Waals surface area contributed by atoms with Crippen molar-refractivity contribution in [2.75, 3.05) is 51.0 Å². The first-order valence-corrected chi connectivity index (χ1v) is 7.43. The van der Waals surface area contributed by atoms with Crippen LogP contribution in [0.4, 0.5) is 11.4 Å². The first kappa shape index (κ1) is 15.8. The molecule has 1 aliphatic rings. The maximum Gasteiger partial charge on any atom is 0.240 e. The van der Waals surface area contributed by atoms with Crippen LogP contribution in [-0.4, -0.2) is 51.2 Å². The highest BCUT2D eigenvalue weighted by Crippen LogP contribution is 2.18. The van der Waals surface area contributed by atoms with Crippen LogP contribution in [0, 0.1) is 5.92 Å². The lowest BCUT2D eigenvalue weighted by atomic mass is 9.99. The standard InChI is InChI=1S/C16H25N3O2/c1-18(15-7-5-14(17)6-8-15)16(20)11-19-9-3-4-13(10-19)12-21-2/h5-8,13H,3-4,9-12,17H2,1-2H3. The topological polar surface area (TPSA) is 58.8 Å². The number of likely N-dealkylation sites (N-methyl/N-ethyl adjacent to an activating group) is 1. The van der Waals surface area contributed by atoms with Crippen LogP contribution >= 0.6 is 0 Å². The summed E-state index contributed by atoms with van der Waals surface area (Å²) >= 11 is 0. The first-order chi connectivity index (χ1) is 10.1. The first-order valence-electron chi connectivity index (χ1n) is 7.43. The minimum Gasteiger partial charge on any atom is -0.399 e. The number of carbonyl (C=O) groups excluding carboxylic acids is 1. The van der Waals surface area contributed by atoms with Gasteiger partial charge in [-0.3, -0.25) is 9.69 Å². The molecule has 1 aromatic rings. The number of carbonyl (C=O) groups is 1. The Labute approximate surface area is 126 Å². The molecule has 0 bridgehead atoms. The van der Waals surface area contributed by atoms with Crippen LogP contribution in [0.2, 0.25) is 0 Å². The van der Waals surface area contributed by atoms with E-state index >= 15 is 0 Å². The van der Waals surface area contributed by atoms with Crippen molar-refractivity contribution in [1.82, 2.24) is 4.90 Å². The number of ether oxygens (including phenoxy) is 1. The van der Waals surface area contributed by atoms with E-state index in [1.54, 1.807) is 12.0 Å². The van der Waals surface area contributed by atoms with E-state index in [1.165, 1.54) is 6.42 Å². The van der Waals surface area contributed by atoms with Crippen molar-refractivity contribution in [2.24, 2.45) is 5.92 Å². The number of nitrogens with zero attached hydrogens (tertiary/aromatic N) is 2. The number of nitrogens with two attached hydrogens (primary N) is 1. The quantitative estimate of drug-likeness (QED) is 0.837. The number of amides is 1. The fraction of sp³-hybridized carbons (Fsp3) is 0.562. The molecular formula is C16H25N3O2. The molecule has 1 amide bonds. The average molecular weight is 291 g/mol. The van der Waals surface area contributed by atoms with Gasteiger partial charge in [0.1, 0.15) is 0 Å². The molecule has 1 saturated heterocycles. The van der Waals surface area contributed by atoms with Crippen LogP contribution in [0.1, 0.15) is 12.8 Å². The van der Waals surface area contributed by atoms with Crippen molar-refractivity contribution in [1.29, 1.82) is 0 Å². The van der Waals surface area contributed by atoms with Gasteiger partial charge in [-0.25, -0.2) is 0 Å². The summed E-state index contributed by atoms with van der Waals surface area (Å²) in [6.07, 6.45) is 2.32. The number of rotatable bonds is 5. The van der Waals surface area contributed by atoms with E-state index in [0.29, 0.717) is 18.2 Å². The van der Waals surface area contributed by atoms with Crippen molar-refractivity contribution in [3.8, 4) is 0 Å². The maximum atomic E-state index is 12.4. The second kappa shape index (κ2) is 7.43. The molecule has 116 valence electrons. The van der Waals surface area contributed by atoms with Gasteiger partial charge < -0.3 is 15.4 Å². The molecule has 5 nitrogen and oxygen atoms in total. The van der Waals surface area contributed by atoms with Crippen molar-refractivity contribution in [3.63, 3.8) is 0 Å². The number of anilines is 2. The summed E-state index contributed by atoms with van der Waals surface area (Å²) in [5, 5.41) is 0. The minimum absolute atomic E-state index is 0.109. The second-order valence-electron chi connectivity index (χ2n) is 5.74. The van der Waals surface area contributed by atoms with E-state index in [2.05, 4.69) is 4.90 Å². The third-order valence-electron chi connectivity index (χ3n) is 4.02. The second-order valence-corrected chi connectivity index (χ2v) is 5.74. The number of hydrogen-bond donors (Lipinski definition) is 1. The lowest BCUT2D eigenvalue weighted by molar-refractivity contribution is -0.120. The van der Waals surface area contributed by atoms with Gasteiger partial charge in [0.2, 0.25) is 5.91 Å². The van der Waals surface area contributed by atoms with Gasteiger partial charge in [0.15, 0.2) is 0 Å². The molecule has 1 aliphatic heterocycles. The molecule has 5 heteroatoms. The van der Waals surface area contributed by atoms with Crippen LogP contribution in [0.25, 0.3) is 0 Å². The lowest BCUT2D eigenvalue weighted by Crippen LogP contribution is -2.44. The van der Waals surface area contributed by atoms with Crippen LogP contribution < -0.4 is 10.6 Å². The van der Waals surface area contributed by atoms with Crippen molar-refractivity contribution >= 4 is 17.3 Å². The molecule has 0 spiro atoms. The summed E-state index contributed by atoms with van der Waals surface area (Å²) in [4.78, 5) is 16.3. The Kier molecular flexibility index (Phi) is 5.59. The third kappa shape index (κ3) is 4.44. The van der Waals surface area contributed by atoms with Gasteiger partial charge in [0.05, 0.1) is 13.2 Å². The van der Waals surface area contributed by atoms with Crippen LogP contribution in [0.3, 0.4) is 0 Å². The van der Waals surface area contributed by atoms with E-state index in [1.807, 2.05) is 31.3 Å². The Balaban J connectivity index is 1.89. The Morgan fingerprint density at radius 1 is 1.43 bits per heavy atom. The van der Waals surface area contributed by atoms with Crippen molar-refractivity contribution in [3.05, 3.63) is 24.3 Å². The predicted molar refractivity (Wildman–Crippen MR) is 85.3 cm³/mol. The number of likely N-dealkylation sites (tertiary alicyclic amines) is 1. The van der Waals surface area contributed by atoms with E-state index in [-0.39, 0.29) is 5.91 Å². The molecule has 1 atom stereocenters. The zero-order valence-electron chi connectivity index (χ0n) is 12.9. The summed E-state index contributed by atoms with van der Waals surface area (Å²) in [6, 6.07) is 7.37. The van der Waals surface area contributed by atoms with E-state index in [4.69, 9.17) is 10.5 Å². The molecule has 0 radical (unpaired) electrons. The summed E-state index contributed by atoms with van der Waals surface area (Å²) in [7, 11) is 3.55. The molecule has 0 aromatic heterocycles. The molecule has 1 heterocycles. The fourth-order valence-corrected chi connectivity index (χ4v) is 2.81. The van der Waals surface area contributed by atoms with Gasteiger partial charge in [0, 0.05) is 32.1 Å². The highest BCUT2D eigenvalue weighted by molar-refractivity contribution is 5.94. The number of benzene rings is 1. The highest BCUT2D eigenvalue weighted by atomic mass is 16.5. The normalized spacial score (nSPS) is 19.4. The summed E-state index contributed by atoms with van der Waals surface area (Å²) in [6.45, 7) is 3.16. The molecule has 0 aliphatic carbocycles. The van der Waals surface area contributed by atoms with Gasteiger partial charge in [-0.1, -0.05) is 0 Å². The van der Waals surface area contributed by atoms with Gasteiger partial charge in [-0.05, 0) is 49.6 Å². The van der Waals surface area contributed by atoms with Crippen LogP contribution in [0.5, 0.6) is 0 Å². The number of methoxy groups -OCH3 is 1. The van der Waals surface area contributed by atoms with Crippen molar-refractivity contribution < 1.29 is 9.53 Å². The van der Waals surface area contributed by atoms with Gasteiger partial charge in [-0.15, -0.1) is 0 Å². The maximum absolute atomic E-state index is 12.4. The van der Waals surface area contributed by atoms with Crippen LogP contribution in [-0.2, 0) is 9.53 Å². The molecule has 1 unspecified atom stereocenters. The monoisotopic (exact) mass is 291 g/mol. The Hall–Kier alpha value is -1.59. The fourth-order valence-electron chi connectivity index (χ4n) is 2.81. The van der Waals surface area contributed by atoms with E-state index < -0.39 is 0 Å². The van der Waals surface area contributed by atoms with Gasteiger partial charge in [0.25, 0.3) is 0 Å². The highest BCUT2D eigenvalue weighted by Gasteiger charge is 2.23. The molecule has 21 heavy (non-hydrogen) atoms. The number of nitrogen functional groups attached to an aromatic ring is 1. The Bertz CT molecular complexity index is 459. The van der Waals surface area contributed by atoms with E-state index in [9.17, 15) is 4.79 Å². The zero-order valence-corrected chi connectivity index (χ0v) is 12.9. The summed E-state index contributed by atoms with van der Waals surface area (Å²) in [5.74, 6) is 0.649. The van der Waals surface area contributed by atoms with Gasteiger partial charge in [-0.2, -0.15) is 0 Å². The van der Waals surface area contributed by atoms with Crippen LogP contribution in [0.15, 0.2) is 24.3 Å². The third-order valence-corrected chi connectivity index (χ3v) is 4.02. The molecule has 1 fully saturated rings. The minimum atomic E-state index is 0.109. The number of hydrogen-bond acceptors (Lipinski definition) is 4. The molecule has 2 N–H and O–H groups in total. The largest absolute Gasteiger partial charge is 0.399 e. The molecule has 1 aromatic carbocycles. The average Bonchev–Trinajstić information content (AvgIpc) is 2.48. The Morgan fingerprint density at radius 2 is 2.14 bits per heavy atom. The Morgan fingerprint density at radius 3 is 2.81 bits per heavy atom. The predicted octanol–water partition coefficient (Wildman–Crippen LogP) is 1.59. The van der Waals surface area contributed by atoms with Crippen molar-refractivity contribution in [2.45, 2.75) is 12.8 Å². The smallest absolute Gasteiger partial charge is 0.240 e. The molecular weight excluding hydrogens is 266 g/mol. The summed E-state index contributed by atoms with van der Waals surface area (Å²) in [5.41, 5.74) is 7.25. The SMILES string of the molecule is COCC1CCCN(CC(=O)N(C)c2ccc(N)cc2)C1. The zero-order chi connectivity index (χ0) is 15.2. The summed E-state index contributed by atoms with van der Waals surface area (Å²) < 4.78 is 5.23. The molecule has 0 saturated carbocycles. The lowest BCUT2D eigenvalue weighted by Gasteiger charge is -2.32. The van der Waals surface area contributed by atoms with Gasteiger partial charge >= 0.3 is 0 Å². The number of piperidine rings is 1.